The lowest BCUT2D eigenvalue weighted by atomic mass is 9.71. The molecule has 8 atom stereocenters. The van der Waals surface area contributed by atoms with E-state index in [4.69, 9.17) is 4.74 Å². The first-order valence-electron chi connectivity index (χ1n) is 21.5. The van der Waals surface area contributed by atoms with Gasteiger partial charge in [0, 0.05) is 17.3 Å². The molecule has 0 aromatic rings. The molecular weight excluding hydrogens is 631 g/mol. The summed E-state index contributed by atoms with van der Waals surface area (Å²) in [5.74, 6) is 3.22. The van der Waals surface area contributed by atoms with Gasteiger partial charge < -0.3 is 9.64 Å². The van der Waals surface area contributed by atoms with Gasteiger partial charge in [0.1, 0.15) is 0 Å². The van der Waals surface area contributed by atoms with Gasteiger partial charge in [-0.05, 0) is 179 Å². The van der Waals surface area contributed by atoms with E-state index in [0.717, 1.165) is 6.42 Å². The Kier molecular flexibility index (Phi) is 9.24. The highest BCUT2D eigenvalue weighted by atomic mass is 16.5. The van der Waals surface area contributed by atoms with Crippen molar-refractivity contribution in [1.82, 2.24) is 4.90 Å². The van der Waals surface area contributed by atoms with Crippen molar-refractivity contribution in [3.63, 3.8) is 0 Å². The van der Waals surface area contributed by atoms with E-state index < -0.39 is 0 Å². The standard InChI is InChI=1S/C50H59NO/c1-3-11-34(12-4-1)38-16-9-17-42(31-38)51(43-28-29-45-40(32-43)22-21-37-15-7-8-18-44(37)45)41-26-23-35(24-27-41)39-25-30-49-48(33-39)47-20-10-19-46(50(47)52-49)36-13-5-2-6-14-36/h1-3,5,7,9,15-17,19,25-26,30,32-36,42,47-50H,4,6,8,10-14,18,20-24,27-29,31H2. The van der Waals surface area contributed by atoms with Crippen molar-refractivity contribution in [3.05, 3.63) is 142 Å². The maximum Gasteiger partial charge on any atom is 0.0833 e. The quantitative estimate of drug-likeness (QED) is 0.257. The highest BCUT2D eigenvalue weighted by Gasteiger charge is 2.47. The van der Waals surface area contributed by atoms with Crippen LogP contribution in [0.1, 0.15) is 116 Å². The molecule has 10 aliphatic rings. The molecule has 0 radical (unpaired) electrons. The summed E-state index contributed by atoms with van der Waals surface area (Å²) in [7, 11) is 0. The van der Waals surface area contributed by atoms with Gasteiger partial charge >= 0.3 is 0 Å². The molecule has 2 heteroatoms. The zero-order valence-electron chi connectivity index (χ0n) is 31.4. The van der Waals surface area contributed by atoms with Crippen LogP contribution in [-0.2, 0) is 4.74 Å². The number of fused-ring (bicyclic) bond motifs is 4. The van der Waals surface area contributed by atoms with Crippen molar-refractivity contribution in [2.75, 3.05) is 0 Å². The van der Waals surface area contributed by atoms with Crippen LogP contribution in [0.25, 0.3) is 0 Å². The van der Waals surface area contributed by atoms with E-state index in [2.05, 4.69) is 96.0 Å². The Balaban J connectivity index is 0.901. The molecular formula is C50H59NO. The highest BCUT2D eigenvalue weighted by molar-refractivity contribution is 5.53. The first-order valence-corrected chi connectivity index (χ1v) is 21.5. The fourth-order valence-corrected chi connectivity index (χ4v) is 12.0. The van der Waals surface area contributed by atoms with E-state index in [-0.39, 0.29) is 6.10 Å². The Morgan fingerprint density at radius 3 is 2.35 bits per heavy atom. The van der Waals surface area contributed by atoms with Crippen molar-refractivity contribution >= 4 is 0 Å². The lowest BCUT2D eigenvalue weighted by molar-refractivity contribution is 0.0667. The third-order valence-corrected chi connectivity index (χ3v) is 14.7. The molecule has 1 saturated heterocycles. The SMILES string of the molecule is C1=CC(N(C2=CC3=C(CC2)C2=C(C=CCC2)CC3)C2=CCC(C3=CC4C(C=C3)OC3C(C5CC=CCC5)=CCCC34)CC2)CC(C2CC=CCC2)=C1. The van der Waals surface area contributed by atoms with Crippen LogP contribution in [0.4, 0.5) is 0 Å². The molecule has 0 aromatic heterocycles. The molecule has 0 aromatic carbocycles. The van der Waals surface area contributed by atoms with E-state index in [0.29, 0.717) is 41.7 Å². The number of nitrogens with zero attached hydrogens (tertiary/aromatic N) is 1. The van der Waals surface area contributed by atoms with Crippen LogP contribution < -0.4 is 0 Å². The number of ether oxygens (including phenoxy) is 1. The molecule has 0 bridgehead atoms. The summed E-state index contributed by atoms with van der Waals surface area (Å²) in [5.41, 5.74) is 14.8. The minimum atomic E-state index is 0.262. The Morgan fingerprint density at radius 1 is 0.635 bits per heavy atom. The van der Waals surface area contributed by atoms with Gasteiger partial charge in [0.2, 0.25) is 0 Å². The van der Waals surface area contributed by atoms with Gasteiger partial charge in [-0.3, -0.25) is 0 Å². The second-order valence-electron chi connectivity index (χ2n) is 17.6. The van der Waals surface area contributed by atoms with Crippen molar-refractivity contribution in [1.29, 1.82) is 0 Å². The zero-order valence-corrected chi connectivity index (χ0v) is 31.4. The molecule has 52 heavy (non-hydrogen) atoms. The summed E-state index contributed by atoms with van der Waals surface area (Å²) >= 11 is 0. The highest BCUT2D eigenvalue weighted by Crippen LogP contribution is 2.50. The number of rotatable bonds is 6. The molecule has 0 amide bonds. The monoisotopic (exact) mass is 689 g/mol. The van der Waals surface area contributed by atoms with Crippen LogP contribution in [-0.4, -0.2) is 23.1 Å². The maximum absolute atomic E-state index is 6.90. The summed E-state index contributed by atoms with van der Waals surface area (Å²) in [5, 5.41) is 0. The average molecular weight is 690 g/mol. The van der Waals surface area contributed by atoms with Crippen LogP contribution in [0.3, 0.4) is 0 Å². The van der Waals surface area contributed by atoms with Crippen LogP contribution in [0, 0.1) is 29.6 Å². The van der Waals surface area contributed by atoms with Gasteiger partial charge in [0.25, 0.3) is 0 Å². The summed E-state index contributed by atoms with van der Waals surface area (Å²) in [6.07, 6.45) is 60.0. The summed E-state index contributed by atoms with van der Waals surface area (Å²) < 4.78 is 6.90. The van der Waals surface area contributed by atoms with E-state index in [9.17, 15) is 0 Å². The van der Waals surface area contributed by atoms with Gasteiger partial charge in [0.05, 0.1) is 18.2 Å². The van der Waals surface area contributed by atoms with Gasteiger partial charge in [-0.2, -0.15) is 0 Å². The van der Waals surface area contributed by atoms with Crippen LogP contribution >= 0.6 is 0 Å². The molecule has 9 aliphatic carbocycles. The second-order valence-corrected chi connectivity index (χ2v) is 17.6. The molecule has 8 unspecified atom stereocenters. The maximum atomic E-state index is 6.90. The molecule has 1 fully saturated rings. The lowest BCUT2D eigenvalue weighted by Crippen LogP contribution is -2.36. The van der Waals surface area contributed by atoms with Crippen molar-refractivity contribution in [3.8, 4) is 0 Å². The fourth-order valence-electron chi connectivity index (χ4n) is 12.0. The number of hydrogen-bond acceptors (Lipinski definition) is 2. The van der Waals surface area contributed by atoms with Crippen LogP contribution in [0.5, 0.6) is 0 Å². The Labute approximate surface area is 313 Å². The predicted octanol–water partition coefficient (Wildman–Crippen LogP) is 12.6. The minimum Gasteiger partial charge on any atom is -0.366 e. The average Bonchev–Trinajstić information content (AvgIpc) is 3.60. The third kappa shape index (κ3) is 6.25. The van der Waals surface area contributed by atoms with Gasteiger partial charge in [-0.1, -0.05) is 90.6 Å². The second kappa shape index (κ2) is 14.5. The lowest BCUT2D eigenvalue weighted by Gasteiger charge is -2.42. The molecule has 0 N–H and O–H groups in total. The Bertz CT molecular complexity index is 1820. The zero-order chi connectivity index (χ0) is 34.4. The largest absolute Gasteiger partial charge is 0.366 e. The predicted molar refractivity (Wildman–Crippen MR) is 215 cm³/mol. The summed E-state index contributed by atoms with van der Waals surface area (Å²) in [4.78, 5) is 2.86. The summed E-state index contributed by atoms with van der Waals surface area (Å²) in [6, 6.07) is 0.424. The molecule has 1 heterocycles. The smallest absolute Gasteiger partial charge is 0.0833 e. The first kappa shape index (κ1) is 33.2. The van der Waals surface area contributed by atoms with Gasteiger partial charge in [-0.15, -0.1) is 0 Å². The van der Waals surface area contributed by atoms with Crippen molar-refractivity contribution in [2.24, 2.45) is 29.6 Å². The normalized spacial score (nSPS) is 36.6. The van der Waals surface area contributed by atoms with Crippen molar-refractivity contribution < 1.29 is 4.74 Å². The molecule has 10 rings (SSSR count). The molecule has 0 spiro atoms. The summed E-state index contributed by atoms with van der Waals surface area (Å²) in [6.45, 7) is 0. The fraction of sp³-hybridized carbons (Fsp3) is 0.520. The first-order chi connectivity index (χ1) is 25.8. The van der Waals surface area contributed by atoms with Gasteiger partial charge in [-0.25, -0.2) is 0 Å². The minimum absolute atomic E-state index is 0.262. The van der Waals surface area contributed by atoms with Gasteiger partial charge in [0.15, 0.2) is 0 Å². The number of allylic oxidation sites excluding steroid dienone is 19. The third-order valence-electron chi connectivity index (χ3n) is 14.7. The van der Waals surface area contributed by atoms with E-state index in [1.165, 1.54) is 109 Å². The number of hydrogen-bond donors (Lipinski definition) is 0. The molecule has 0 saturated carbocycles. The Morgan fingerprint density at radius 2 is 1.50 bits per heavy atom. The van der Waals surface area contributed by atoms with E-state index in [1.54, 1.807) is 50.4 Å². The van der Waals surface area contributed by atoms with E-state index >= 15 is 0 Å². The van der Waals surface area contributed by atoms with E-state index in [1.807, 2.05) is 0 Å². The molecule has 1 aliphatic heterocycles. The topological polar surface area (TPSA) is 12.5 Å². The molecule has 270 valence electrons. The molecule has 2 nitrogen and oxygen atoms in total. The Hall–Kier alpha value is -3.36. The van der Waals surface area contributed by atoms with Crippen molar-refractivity contribution in [2.45, 2.75) is 134 Å². The van der Waals surface area contributed by atoms with Crippen LogP contribution in [0.15, 0.2) is 142 Å². The van der Waals surface area contributed by atoms with Crippen LogP contribution in [0.2, 0.25) is 0 Å².